The van der Waals surface area contributed by atoms with Gasteiger partial charge in [-0.3, -0.25) is 0 Å². The van der Waals surface area contributed by atoms with Crippen molar-refractivity contribution in [1.29, 1.82) is 0 Å². The van der Waals surface area contributed by atoms with Crippen LogP contribution in [0.4, 0.5) is 0 Å². The third-order valence-electron chi connectivity index (χ3n) is 2.70. The van der Waals surface area contributed by atoms with Crippen molar-refractivity contribution in [2.24, 2.45) is 5.73 Å². The lowest BCUT2D eigenvalue weighted by Crippen LogP contribution is -2.04. The van der Waals surface area contributed by atoms with Crippen LogP contribution in [0.3, 0.4) is 0 Å². The molecule has 3 nitrogen and oxygen atoms in total. The molecular formula is C14H15BrClNO2S. The van der Waals surface area contributed by atoms with Crippen molar-refractivity contribution < 1.29 is 9.47 Å². The van der Waals surface area contributed by atoms with Crippen molar-refractivity contribution in [3.63, 3.8) is 0 Å². The van der Waals surface area contributed by atoms with Crippen molar-refractivity contribution in [2.75, 3.05) is 13.7 Å². The van der Waals surface area contributed by atoms with Gasteiger partial charge in [-0.15, -0.1) is 11.3 Å². The van der Waals surface area contributed by atoms with Gasteiger partial charge in [0.05, 0.1) is 12.1 Å². The largest absolute Gasteiger partial charge is 0.493 e. The number of halogens is 2. The standard InChI is InChI=1S/C14H15BrClNO2S/c1-18-13-5-9(2-3-17)4-12(16)14(13)19-7-11-6-10(15)8-20-11/h4-6,8H,2-3,7,17H2,1H3. The molecule has 2 rings (SSSR count). The predicted octanol–water partition coefficient (Wildman–Crippen LogP) is 4.25. The molecule has 2 N–H and O–H groups in total. The van der Waals surface area contributed by atoms with Crippen molar-refractivity contribution >= 4 is 38.9 Å². The summed E-state index contributed by atoms with van der Waals surface area (Å²) in [7, 11) is 1.60. The van der Waals surface area contributed by atoms with Gasteiger partial charge in [-0.05, 0) is 52.7 Å². The van der Waals surface area contributed by atoms with Gasteiger partial charge in [0.1, 0.15) is 6.61 Å². The molecule has 0 fully saturated rings. The predicted molar refractivity (Wildman–Crippen MR) is 87.1 cm³/mol. The van der Waals surface area contributed by atoms with Gasteiger partial charge >= 0.3 is 0 Å². The summed E-state index contributed by atoms with van der Waals surface area (Å²) >= 11 is 11.3. The van der Waals surface area contributed by atoms with Gasteiger partial charge in [-0.1, -0.05) is 11.6 Å². The van der Waals surface area contributed by atoms with E-state index in [0.29, 0.717) is 29.7 Å². The molecular weight excluding hydrogens is 362 g/mol. The molecule has 0 aliphatic rings. The summed E-state index contributed by atoms with van der Waals surface area (Å²) in [6.45, 7) is 1.03. The molecule has 0 bridgehead atoms. The monoisotopic (exact) mass is 375 g/mol. The Labute approximate surface area is 135 Å². The molecule has 1 aromatic carbocycles. The summed E-state index contributed by atoms with van der Waals surface area (Å²) in [5, 5.41) is 2.56. The fourth-order valence-electron chi connectivity index (χ4n) is 1.80. The van der Waals surface area contributed by atoms with E-state index >= 15 is 0 Å². The molecule has 0 unspecified atom stereocenters. The minimum atomic E-state index is 0.461. The maximum absolute atomic E-state index is 6.27. The van der Waals surface area contributed by atoms with E-state index in [9.17, 15) is 0 Å². The number of thiophene rings is 1. The Morgan fingerprint density at radius 1 is 1.35 bits per heavy atom. The van der Waals surface area contributed by atoms with Gasteiger partial charge in [-0.25, -0.2) is 0 Å². The smallest absolute Gasteiger partial charge is 0.180 e. The van der Waals surface area contributed by atoms with Gasteiger partial charge in [0.2, 0.25) is 0 Å². The van der Waals surface area contributed by atoms with Crippen LogP contribution in [0.2, 0.25) is 5.02 Å². The second-order valence-corrected chi connectivity index (χ2v) is 6.49. The van der Waals surface area contributed by atoms with Crippen molar-refractivity contribution in [2.45, 2.75) is 13.0 Å². The average Bonchev–Trinajstić information content (AvgIpc) is 2.83. The number of methoxy groups -OCH3 is 1. The van der Waals surface area contributed by atoms with Gasteiger partial charge in [0.25, 0.3) is 0 Å². The molecule has 0 amide bonds. The van der Waals surface area contributed by atoms with E-state index in [-0.39, 0.29) is 0 Å². The van der Waals surface area contributed by atoms with E-state index in [1.807, 2.05) is 23.6 Å². The highest BCUT2D eigenvalue weighted by atomic mass is 79.9. The summed E-state index contributed by atoms with van der Waals surface area (Å²) in [5.41, 5.74) is 6.60. The molecule has 2 aromatic rings. The lowest BCUT2D eigenvalue weighted by atomic mass is 10.1. The fraction of sp³-hybridized carbons (Fsp3) is 0.286. The molecule has 6 heteroatoms. The van der Waals surface area contributed by atoms with E-state index in [1.165, 1.54) is 0 Å². The Kier molecular flexibility index (Phi) is 5.72. The van der Waals surface area contributed by atoms with Crippen LogP contribution >= 0.6 is 38.9 Å². The van der Waals surface area contributed by atoms with E-state index in [1.54, 1.807) is 18.4 Å². The quantitative estimate of drug-likeness (QED) is 0.819. The highest BCUT2D eigenvalue weighted by Gasteiger charge is 2.12. The molecule has 0 atom stereocenters. The SMILES string of the molecule is COc1cc(CCN)cc(Cl)c1OCc1cc(Br)cs1. The van der Waals surface area contributed by atoms with Crippen LogP contribution in [0.1, 0.15) is 10.4 Å². The number of nitrogens with two attached hydrogens (primary N) is 1. The highest BCUT2D eigenvalue weighted by Crippen LogP contribution is 2.37. The van der Waals surface area contributed by atoms with Crippen LogP contribution in [0.25, 0.3) is 0 Å². The first-order valence-corrected chi connectivity index (χ1v) is 8.11. The maximum atomic E-state index is 6.27. The second-order valence-electron chi connectivity index (χ2n) is 4.17. The zero-order valence-electron chi connectivity index (χ0n) is 11.0. The van der Waals surface area contributed by atoms with Gasteiger partial charge < -0.3 is 15.2 Å². The van der Waals surface area contributed by atoms with Gasteiger partial charge in [0.15, 0.2) is 11.5 Å². The van der Waals surface area contributed by atoms with Crippen LogP contribution in [-0.4, -0.2) is 13.7 Å². The summed E-state index contributed by atoms with van der Waals surface area (Å²) in [6, 6.07) is 5.81. The topological polar surface area (TPSA) is 44.5 Å². The molecule has 0 spiro atoms. The molecule has 1 heterocycles. The van der Waals surface area contributed by atoms with Crippen LogP contribution in [-0.2, 0) is 13.0 Å². The Hall–Kier alpha value is -0.750. The molecule has 0 radical (unpaired) electrons. The highest BCUT2D eigenvalue weighted by molar-refractivity contribution is 9.10. The van der Waals surface area contributed by atoms with Crippen LogP contribution < -0.4 is 15.2 Å². The maximum Gasteiger partial charge on any atom is 0.180 e. The molecule has 0 saturated heterocycles. The molecule has 0 aliphatic carbocycles. The summed E-state index contributed by atoms with van der Waals surface area (Å²) in [5.74, 6) is 1.20. The lowest BCUT2D eigenvalue weighted by Gasteiger charge is -2.13. The molecule has 0 saturated carbocycles. The summed E-state index contributed by atoms with van der Waals surface area (Å²) < 4.78 is 12.2. The molecule has 1 aromatic heterocycles. The van der Waals surface area contributed by atoms with Crippen LogP contribution in [0.15, 0.2) is 28.1 Å². The summed E-state index contributed by atoms with van der Waals surface area (Å²) in [6.07, 6.45) is 0.758. The van der Waals surface area contributed by atoms with Crippen LogP contribution in [0.5, 0.6) is 11.5 Å². The van der Waals surface area contributed by atoms with E-state index < -0.39 is 0 Å². The third kappa shape index (κ3) is 3.88. The molecule has 20 heavy (non-hydrogen) atoms. The normalized spacial score (nSPS) is 10.6. The minimum absolute atomic E-state index is 0.461. The number of rotatable bonds is 6. The van der Waals surface area contributed by atoms with Crippen molar-refractivity contribution in [3.05, 3.63) is 43.5 Å². The van der Waals surface area contributed by atoms with Gasteiger partial charge in [0, 0.05) is 14.7 Å². The fourth-order valence-corrected chi connectivity index (χ4v) is 3.45. The number of benzene rings is 1. The van der Waals surface area contributed by atoms with E-state index in [0.717, 1.165) is 21.3 Å². The van der Waals surface area contributed by atoms with E-state index in [2.05, 4.69) is 15.9 Å². The lowest BCUT2D eigenvalue weighted by molar-refractivity contribution is 0.287. The number of hydrogen-bond acceptors (Lipinski definition) is 4. The van der Waals surface area contributed by atoms with E-state index in [4.69, 9.17) is 26.8 Å². The zero-order chi connectivity index (χ0) is 14.5. The zero-order valence-corrected chi connectivity index (χ0v) is 14.1. The van der Waals surface area contributed by atoms with Crippen molar-refractivity contribution in [3.8, 4) is 11.5 Å². The first-order valence-electron chi connectivity index (χ1n) is 6.06. The third-order valence-corrected chi connectivity index (χ3v) is 4.65. The molecule has 108 valence electrons. The van der Waals surface area contributed by atoms with Crippen molar-refractivity contribution in [1.82, 2.24) is 0 Å². The Bertz CT molecular complexity index is 589. The first kappa shape index (κ1) is 15.6. The Morgan fingerprint density at radius 2 is 2.15 bits per heavy atom. The van der Waals surface area contributed by atoms with Gasteiger partial charge in [-0.2, -0.15) is 0 Å². The molecule has 0 aliphatic heterocycles. The Balaban J connectivity index is 2.17. The first-order chi connectivity index (χ1) is 9.63. The summed E-state index contributed by atoms with van der Waals surface area (Å²) in [4.78, 5) is 1.11. The number of ether oxygens (including phenoxy) is 2. The minimum Gasteiger partial charge on any atom is -0.493 e. The second kappa shape index (κ2) is 7.31. The number of hydrogen-bond donors (Lipinski definition) is 1. The van der Waals surface area contributed by atoms with Crippen LogP contribution in [0, 0.1) is 0 Å². The average molecular weight is 377 g/mol. The Morgan fingerprint density at radius 3 is 2.75 bits per heavy atom.